The van der Waals surface area contributed by atoms with Gasteiger partial charge in [0.25, 0.3) is 0 Å². The van der Waals surface area contributed by atoms with Crippen LogP contribution in [0.15, 0.2) is 30.3 Å². The lowest BCUT2D eigenvalue weighted by Gasteiger charge is -2.02. The molecule has 1 rings (SSSR count). The standard InChI is InChI=1S/C12H16BrN/c1-2-14-10-12-6-3-5-11(9-12)7-4-8-13/h3-7,9,14H,2,8,10H2,1H3. The molecule has 0 spiro atoms. The Labute approximate surface area is 94.3 Å². The second kappa shape index (κ2) is 6.80. The number of alkyl halides is 1. The molecular formula is C12H16BrN. The molecule has 0 bridgehead atoms. The Bertz CT molecular complexity index is 294. The van der Waals surface area contributed by atoms with Crippen molar-refractivity contribution in [2.75, 3.05) is 11.9 Å². The average Bonchev–Trinajstić information content (AvgIpc) is 2.24. The zero-order valence-corrected chi connectivity index (χ0v) is 10.0. The number of benzene rings is 1. The molecule has 0 radical (unpaired) electrons. The molecule has 0 unspecified atom stereocenters. The van der Waals surface area contributed by atoms with Crippen molar-refractivity contribution in [2.24, 2.45) is 0 Å². The summed E-state index contributed by atoms with van der Waals surface area (Å²) in [6.07, 6.45) is 4.23. The first-order valence-corrected chi connectivity index (χ1v) is 6.01. The maximum absolute atomic E-state index is 3.37. The Hall–Kier alpha value is -0.600. The molecule has 0 atom stereocenters. The second-order valence-corrected chi connectivity index (χ2v) is 3.73. The van der Waals surface area contributed by atoms with Gasteiger partial charge >= 0.3 is 0 Å². The minimum absolute atomic E-state index is 0.907. The average molecular weight is 254 g/mol. The Kier molecular flexibility index (Phi) is 5.57. The van der Waals surface area contributed by atoms with Crippen LogP contribution in [0.5, 0.6) is 0 Å². The topological polar surface area (TPSA) is 12.0 Å². The molecule has 1 aromatic carbocycles. The summed E-state index contributed by atoms with van der Waals surface area (Å²) in [7, 11) is 0. The minimum atomic E-state index is 0.907. The van der Waals surface area contributed by atoms with Crippen LogP contribution in [0.25, 0.3) is 6.08 Å². The van der Waals surface area contributed by atoms with Gasteiger partial charge in [-0.2, -0.15) is 0 Å². The van der Waals surface area contributed by atoms with Crippen molar-refractivity contribution in [3.05, 3.63) is 41.5 Å². The third-order valence-corrected chi connectivity index (χ3v) is 2.30. The van der Waals surface area contributed by atoms with E-state index in [9.17, 15) is 0 Å². The van der Waals surface area contributed by atoms with Crippen LogP contribution in [0.1, 0.15) is 18.1 Å². The summed E-state index contributed by atoms with van der Waals surface area (Å²) in [5.74, 6) is 0. The zero-order chi connectivity index (χ0) is 10.2. The third-order valence-electron chi connectivity index (χ3n) is 1.93. The van der Waals surface area contributed by atoms with E-state index in [4.69, 9.17) is 0 Å². The van der Waals surface area contributed by atoms with E-state index in [1.54, 1.807) is 0 Å². The van der Waals surface area contributed by atoms with Gasteiger partial charge in [-0.3, -0.25) is 0 Å². The Morgan fingerprint density at radius 2 is 2.29 bits per heavy atom. The second-order valence-electron chi connectivity index (χ2n) is 3.08. The van der Waals surface area contributed by atoms with Gasteiger partial charge in [-0.15, -0.1) is 0 Å². The van der Waals surface area contributed by atoms with Gasteiger partial charge in [-0.05, 0) is 17.7 Å². The quantitative estimate of drug-likeness (QED) is 0.795. The van der Waals surface area contributed by atoms with Crippen molar-refractivity contribution in [2.45, 2.75) is 13.5 Å². The van der Waals surface area contributed by atoms with E-state index in [-0.39, 0.29) is 0 Å². The molecule has 0 amide bonds. The van der Waals surface area contributed by atoms with Crippen LogP contribution < -0.4 is 5.32 Å². The highest BCUT2D eigenvalue weighted by Gasteiger charge is 1.91. The molecule has 0 saturated carbocycles. The first-order valence-electron chi connectivity index (χ1n) is 4.89. The lowest BCUT2D eigenvalue weighted by molar-refractivity contribution is 0.727. The minimum Gasteiger partial charge on any atom is -0.313 e. The number of hydrogen-bond acceptors (Lipinski definition) is 1. The van der Waals surface area contributed by atoms with Crippen LogP contribution in [0.3, 0.4) is 0 Å². The number of rotatable bonds is 5. The molecule has 0 aliphatic rings. The first kappa shape index (κ1) is 11.5. The summed E-state index contributed by atoms with van der Waals surface area (Å²) in [5, 5.41) is 4.22. The fourth-order valence-electron chi connectivity index (χ4n) is 1.26. The first-order chi connectivity index (χ1) is 6.86. The summed E-state index contributed by atoms with van der Waals surface area (Å²) in [5.41, 5.74) is 2.60. The van der Waals surface area contributed by atoms with Gasteiger partial charge < -0.3 is 5.32 Å². The van der Waals surface area contributed by atoms with E-state index < -0.39 is 0 Å². The number of hydrogen-bond donors (Lipinski definition) is 1. The Morgan fingerprint density at radius 3 is 3.00 bits per heavy atom. The molecule has 0 heterocycles. The van der Waals surface area contributed by atoms with Gasteiger partial charge in [-0.25, -0.2) is 0 Å². The third kappa shape index (κ3) is 4.07. The number of allylic oxidation sites excluding steroid dienone is 1. The lowest BCUT2D eigenvalue weighted by Crippen LogP contribution is -2.11. The molecule has 0 fully saturated rings. The zero-order valence-electron chi connectivity index (χ0n) is 8.46. The number of nitrogens with one attached hydrogen (secondary N) is 1. The Balaban J connectivity index is 2.63. The molecule has 14 heavy (non-hydrogen) atoms. The van der Waals surface area contributed by atoms with Gasteiger partial charge in [-0.1, -0.05) is 59.3 Å². The highest BCUT2D eigenvalue weighted by atomic mass is 79.9. The van der Waals surface area contributed by atoms with E-state index in [0.717, 1.165) is 18.4 Å². The van der Waals surface area contributed by atoms with Gasteiger partial charge in [0.15, 0.2) is 0 Å². The van der Waals surface area contributed by atoms with Crippen molar-refractivity contribution in [3.8, 4) is 0 Å². The molecule has 1 nitrogen and oxygen atoms in total. The van der Waals surface area contributed by atoms with Crippen molar-refractivity contribution in [3.63, 3.8) is 0 Å². The van der Waals surface area contributed by atoms with E-state index in [1.165, 1.54) is 11.1 Å². The van der Waals surface area contributed by atoms with E-state index in [1.807, 2.05) is 0 Å². The summed E-state index contributed by atoms with van der Waals surface area (Å²) in [4.78, 5) is 0. The van der Waals surface area contributed by atoms with Crippen LogP contribution >= 0.6 is 15.9 Å². The van der Waals surface area contributed by atoms with Crippen molar-refractivity contribution < 1.29 is 0 Å². The monoisotopic (exact) mass is 253 g/mol. The van der Waals surface area contributed by atoms with Gasteiger partial charge in [0.05, 0.1) is 0 Å². The molecule has 0 saturated heterocycles. The van der Waals surface area contributed by atoms with Crippen LogP contribution in [0.2, 0.25) is 0 Å². The fraction of sp³-hybridized carbons (Fsp3) is 0.333. The van der Waals surface area contributed by atoms with E-state index in [2.05, 4.69) is 64.6 Å². The van der Waals surface area contributed by atoms with Crippen LogP contribution in [0.4, 0.5) is 0 Å². The smallest absolute Gasteiger partial charge is 0.0215 e. The normalized spacial score (nSPS) is 11.0. The number of halogens is 1. The van der Waals surface area contributed by atoms with Crippen LogP contribution in [-0.4, -0.2) is 11.9 Å². The maximum Gasteiger partial charge on any atom is 0.0215 e. The Morgan fingerprint density at radius 1 is 1.43 bits per heavy atom. The largest absolute Gasteiger partial charge is 0.313 e. The lowest BCUT2D eigenvalue weighted by atomic mass is 10.1. The van der Waals surface area contributed by atoms with E-state index in [0.29, 0.717) is 0 Å². The fourth-order valence-corrected chi connectivity index (χ4v) is 1.44. The van der Waals surface area contributed by atoms with Gasteiger partial charge in [0.2, 0.25) is 0 Å². The highest BCUT2D eigenvalue weighted by Crippen LogP contribution is 2.07. The summed E-state index contributed by atoms with van der Waals surface area (Å²) >= 11 is 3.37. The molecule has 2 heteroatoms. The summed E-state index contributed by atoms with van der Waals surface area (Å²) < 4.78 is 0. The molecule has 0 aliphatic heterocycles. The van der Waals surface area contributed by atoms with Gasteiger partial charge in [0.1, 0.15) is 0 Å². The molecule has 1 aromatic rings. The SMILES string of the molecule is CCNCc1cccc(C=CCBr)c1. The van der Waals surface area contributed by atoms with Crippen molar-refractivity contribution >= 4 is 22.0 Å². The maximum atomic E-state index is 3.37. The van der Waals surface area contributed by atoms with Gasteiger partial charge in [0, 0.05) is 11.9 Å². The van der Waals surface area contributed by atoms with Crippen molar-refractivity contribution in [1.82, 2.24) is 5.32 Å². The molecule has 0 aliphatic carbocycles. The predicted octanol–water partition coefficient (Wildman–Crippen LogP) is 3.20. The molecular weight excluding hydrogens is 238 g/mol. The molecule has 1 N–H and O–H groups in total. The van der Waals surface area contributed by atoms with E-state index >= 15 is 0 Å². The summed E-state index contributed by atoms with van der Waals surface area (Å²) in [6, 6.07) is 8.57. The molecule has 0 aromatic heterocycles. The van der Waals surface area contributed by atoms with Crippen molar-refractivity contribution in [1.29, 1.82) is 0 Å². The molecule has 76 valence electrons. The predicted molar refractivity (Wildman–Crippen MR) is 66.7 cm³/mol. The van der Waals surface area contributed by atoms with Crippen LogP contribution in [0, 0.1) is 0 Å². The summed E-state index contributed by atoms with van der Waals surface area (Å²) in [6.45, 7) is 4.09. The highest BCUT2D eigenvalue weighted by molar-refractivity contribution is 9.09. The van der Waals surface area contributed by atoms with Crippen LogP contribution in [-0.2, 0) is 6.54 Å².